The number of rotatable bonds is 5. The highest BCUT2D eigenvalue weighted by Crippen LogP contribution is 2.21. The van der Waals surface area contributed by atoms with E-state index in [-0.39, 0.29) is 11.9 Å². The van der Waals surface area contributed by atoms with Crippen LogP contribution in [0.25, 0.3) is 10.9 Å². The van der Waals surface area contributed by atoms with Gasteiger partial charge in [-0.05, 0) is 26.0 Å². The fourth-order valence-corrected chi connectivity index (χ4v) is 2.73. The highest BCUT2D eigenvalue weighted by molar-refractivity contribution is 6.07. The minimum atomic E-state index is -0.0388. The fraction of sp³-hybridized carbons (Fsp3) is 0.294. The van der Waals surface area contributed by atoms with Crippen molar-refractivity contribution in [3.8, 4) is 0 Å². The minimum absolute atomic E-state index is 0.0103. The maximum absolute atomic E-state index is 12.6. The van der Waals surface area contributed by atoms with Crippen molar-refractivity contribution in [2.45, 2.75) is 33.0 Å². The van der Waals surface area contributed by atoms with Crippen LogP contribution in [0.1, 0.15) is 24.2 Å². The standard InChI is InChI=1S/C17H20N4O/c1-3-20-12-15(14-7-4-5-8-16(14)20)17(22)19-13(2)11-21-10-6-9-18-21/h4-10,12-13H,3,11H2,1-2H3,(H,19,22). The predicted molar refractivity (Wildman–Crippen MR) is 86.8 cm³/mol. The van der Waals surface area contributed by atoms with E-state index in [1.165, 1.54) is 0 Å². The molecule has 1 unspecified atom stereocenters. The Hall–Kier alpha value is -2.56. The van der Waals surface area contributed by atoms with Gasteiger partial charge in [0.15, 0.2) is 0 Å². The largest absolute Gasteiger partial charge is 0.348 e. The molecule has 0 aliphatic rings. The van der Waals surface area contributed by atoms with Crippen LogP contribution in [-0.2, 0) is 13.1 Å². The molecule has 0 bridgehead atoms. The zero-order valence-corrected chi connectivity index (χ0v) is 12.9. The van der Waals surface area contributed by atoms with Crippen molar-refractivity contribution in [3.05, 3.63) is 54.5 Å². The summed E-state index contributed by atoms with van der Waals surface area (Å²) in [6.07, 6.45) is 5.57. The SMILES string of the molecule is CCn1cc(C(=O)NC(C)Cn2cccn2)c2ccccc21. The van der Waals surface area contributed by atoms with E-state index in [9.17, 15) is 4.79 Å². The third-order valence-electron chi connectivity index (χ3n) is 3.77. The molecular formula is C17H20N4O. The van der Waals surface area contributed by atoms with E-state index < -0.39 is 0 Å². The van der Waals surface area contributed by atoms with Gasteiger partial charge < -0.3 is 9.88 Å². The molecule has 1 aromatic carbocycles. The molecule has 22 heavy (non-hydrogen) atoms. The molecule has 5 nitrogen and oxygen atoms in total. The van der Waals surface area contributed by atoms with Crippen LogP contribution in [0, 0.1) is 0 Å². The topological polar surface area (TPSA) is 51.9 Å². The second kappa shape index (κ2) is 6.05. The van der Waals surface area contributed by atoms with Crippen molar-refractivity contribution >= 4 is 16.8 Å². The van der Waals surface area contributed by atoms with Crippen LogP contribution in [0.15, 0.2) is 48.9 Å². The Balaban J connectivity index is 1.80. The van der Waals surface area contributed by atoms with E-state index in [1.54, 1.807) is 6.20 Å². The van der Waals surface area contributed by atoms with Gasteiger partial charge in [-0.2, -0.15) is 5.10 Å². The quantitative estimate of drug-likeness (QED) is 0.787. The fourth-order valence-electron chi connectivity index (χ4n) is 2.73. The molecule has 0 spiro atoms. The lowest BCUT2D eigenvalue weighted by Gasteiger charge is -2.13. The minimum Gasteiger partial charge on any atom is -0.348 e. The highest BCUT2D eigenvalue weighted by Gasteiger charge is 2.16. The number of amides is 1. The normalized spacial score (nSPS) is 12.5. The van der Waals surface area contributed by atoms with E-state index in [0.29, 0.717) is 6.54 Å². The van der Waals surface area contributed by atoms with Crippen LogP contribution in [0.3, 0.4) is 0 Å². The van der Waals surface area contributed by atoms with E-state index >= 15 is 0 Å². The first-order valence-corrected chi connectivity index (χ1v) is 7.55. The number of aryl methyl sites for hydroxylation is 1. The van der Waals surface area contributed by atoms with Gasteiger partial charge >= 0.3 is 0 Å². The summed E-state index contributed by atoms with van der Waals surface area (Å²) < 4.78 is 3.92. The Morgan fingerprint density at radius 1 is 1.32 bits per heavy atom. The van der Waals surface area contributed by atoms with Crippen molar-refractivity contribution in [1.82, 2.24) is 19.7 Å². The summed E-state index contributed by atoms with van der Waals surface area (Å²) in [7, 11) is 0. The average Bonchev–Trinajstić information content (AvgIpc) is 3.14. The zero-order chi connectivity index (χ0) is 15.5. The Morgan fingerprint density at radius 2 is 2.14 bits per heavy atom. The van der Waals surface area contributed by atoms with E-state index in [4.69, 9.17) is 0 Å². The van der Waals surface area contributed by atoms with Gasteiger partial charge in [0.1, 0.15) is 0 Å². The molecule has 0 aliphatic heterocycles. The second-order valence-corrected chi connectivity index (χ2v) is 5.45. The predicted octanol–water partition coefficient (Wildman–Crippen LogP) is 2.68. The van der Waals surface area contributed by atoms with Gasteiger partial charge in [-0.1, -0.05) is 18.2 Å². The van der Waals surface area contributed by atoms with Gasteiger partial charge in [-0.15, -0.1) is 0 Å². The van der Waals surface area contributed by atoms with Crippen LogP contribution in [0.4, 0.5) is 0 Å². The van der Waals surface area contributed by atoms with Gasteiger partial charge in [-0.25, -0.2) is 0 Å². The number of aromatic nitrogens is 3. The van der Waals surface area contributed by atoms with Crippen LogP contribution in [-0.4, -0.2) is 26.3 Å². The third kappa shape index (κ3) is 2.74. The molecule has 1 N–H and O–H groups in total. The number of fused-ring (bicyclic) bond motifs is 1. The van der Waals surface area contributed by atoms with Gasteiger partial charge in [-0.3, -0.25) is 9.48 Å². The molecule has 0 saturated carbocycles. The molecule has 0 radical (unpaired) electrons. The first-order chi connectivity index (χ1) is 10.7. The number of nitrogens with one attached hydrogen (secondary N) is 1. The zero-order valence-electron chi connectivity index (χ0n) is 12.9. The molecule has 5 heteroatoms. The van der Waals surface area contributed by atoms with Crippen molar-refractivity contribution in [2.75, 3.05) is 0 Å². The molecule has 3 aromatic rings. The van der Waals surface area contributed by atoms with E-state index in [0.717, 1.165) is 23.0 Å². The van der Waals surface area contributed by atoms with Gasteiger partial charge in [0.05, 0.1) is 12.1 Å². The summed E-state index contributed by atoms with van der Waals surface area (Å²) in [6.45, 7) is 5.56. The molecular weight excluding hydrogens is 276 g/mol. The molecule has 3 rings (SSSR count). The van der Waals surface area contributed by atoms with Crippen LogP contribution >= 0.6 is 0 Å². The number of nitrogens with zero attached hydrogens (tertiary/aromatic N) is 3. The van der Waals surface area contributed by atoms with Crippen LogP contribution in [0.2, 0.25) is 0 Å². The van der Waals surface area contributed by atoms with Crippen LogP contribution in [0.5, 0.6) is 0 Å². The smallest absolute Gasteiger partial charge is 0.253 e. The van der Waals surface area contributed by atoms with E-state index in [1.807, 2.05) is 54.3 Å². The third-order valence-corrected chi connectivity index (χ3v) is 3.77. The average molecular weight is 296 g/mol. The second-order valence-electron chi connectivity index (χ2n) is 5.45. The first-order valence-electron chi connectivity index (χ1n) is 7.55. The summed E-state index contributed by atoms with van der Waals surface area (Å²) in [5.41, 5.74) is 1.82. The number of hydrogen-bond donors (Lipinski definition) is 1. The van der Waals surface area contributed by atoms with Gasteiger partial charge in [0.25, 0.3) is 5.91 Å². The summed E-state index contributed by atoms with van der Waals surface area (Å²) in [5, 5.41) is 8.21. The molecule has 2 aromatic heterocycles. The summed E-state index contributed by atoms with van der Waals surface area (Å²) >= 11 is 0. The Morgan fingerprint density at radius 3 is 2.86 bits per heavy atom. The maximum Gasteiger partial charge on any atom is 0.253 e. The lowest BCUT2D eigenvalue weighted by Crippen LogP contribution is -2.35. The van der Waals surface area contributed by atoms with Crippen molar-refractivity contribution in [1.29, 1.82) is 0 Å². The Labute approximate surface area is 129 Å². The van der Waals surface area contributed by atoms with Crippen LogP contribution < -0.4 is 5.32 Å². The monoisotopic (exact) mass is 296 g/mol. The molecule has 114 valence electrons. The number of carbonyl (C=O) groups excluding carboxylic acids is 1. The molecule has 0 aliphatic carbocycles. The summed E-state index contributed by atoms with van der Waals surface area (Å²) in [4.78, 5) is 12.6. The molecule has 1 amide bonds. The number of carbonyl (C=O) groups is 1. The lowest BCUT2D eigenvalue weighted by atomic mass is 10.1. The molecule has 0 saturated heterocycles. The lowest BCUT2D eigenvalue weighted by molar-refractivity contribution is 0.0937. The van der Waals surface area contributed by atoms with Gasteiger partial charge in [0.2, 0.25) is 0 Å². The number of hydrogen-bond acceptors (Lipinski definition) is 2. The first kappa shape index (κ1) is 14.4. The molecule has 1 atom stereocenters. The van der Waals surface area contributed by atoms with E-state index in [2.05, 4.69) is 21.9 Å². The van der Waals surface area contributed by atoms with Crippen molar-refractivity contribution in [3.63, 3.8) is 0 Å². The Kier molecular flexibility index (Phi) is 3.96. The summed E-state index contributed by atoms with van der Waals surface area (Å²) in [6, 6.07) is 9.89. The number of benzene rings is 1. The number of para-hydroxylation sites is 1. The van der Waals surface area contributed by atoms with Gasteiger partial charge in [0, 0.05) is 42.1 Å². The summed E-state index contributed by atoms with van der Waals surface area (Å²) in [5.74, 6) is -0.0388. The highest BCUT2D eigenvalue weighted by atomic mass is 16.1. The molecule has 2 heterocycles. The van der Waals surface area contributed by atoms with Crippen molar-refractivity contribution < 1.29 is 4.79 Å². The maximum atomic E-state index is 12.6. The Bertz CT molecular complexity index is 773. The van der Waals surface area contributed by atoms with Crippen molar-refractivity contribution in [2.24, 2.45) is 0 Å². The molecule has 0 fully saturated rings.